The molecule has 0 aliphatic rings. The van der Waals surface area contributed by atoms with E-state index in [9.17, 15) is 0 Å². The van der Waals surface area contributed by atoms with Crippen molar-refractivity contribution in [3.63, 3.8) is 0 Å². The van der Waals surface area contributed by atoms with Crippen LogP contribution in [-0.2, 0) is 0 Å². The van der Waals surface area contributed by atoms with E-state index in [1.54, 1.807) is 0 Å². The number of nitrogens with two attached hydrogens (primary N) is 1. The molecule has 1 nitrogen and oxygen atoms in total. The maximum absolute atomic E-state index is 5.59. The van der Waals surface area contributed by atoms with Crippen LogP contribution in [0.2, 0.25) is 0 Å². The molecule has 2 N–H and O–H groups in total. The molecule has 1 aromatic carbocycles. The van der Waals surface area contributed by atoms with Gasteiger partial charge < -0.3 is 5.73 Å². The van der Waals surface area contributed by atoms with Gasteiger partial charge in [-0.3, -0.25) is 0 Å². The van der Waals surface area contributed by atoms with Gasteiger partial charge in [-0.1, -0.05) is 0 Å². The molecule has 5 heteroatoms. The minimum absolute atomic E-state index is 0. The molecule has 0 unspecified atom stereocenters. The van der Waals surface area contributed by atoms with E-state index in [4.69, 9.17) is 5.73 Å². The van der Waals surface area contributed by atoms with Gasteiger partial charge in [0.25, 0.3) is 0 Å². The van der Waals surface area contributed by atoms with Crippen molar-refractivity contribution in [1.29, 1.82) is 0 Å². The smallest absolute Gasteiger partial charge is 0.0558 e. The zero-order chi connectivity index (χ0) is 7.72. The quantitative estimate of drug-likeness (QED) is 0.366. The minimum Gasteiger partial charge on any atom is -0.398 e. The average Bonchev–Trinajstić information content (AvgIpc) is 1.93. The second-order valence-electron chi connectivity index (χ2n) is 1.76. The van der Waals surface area contributed by atoms with Crippen LogP contribution in [0.25, 0.3) is 0 Å². The summed E-state index contributed by atoms with van der Waals surface area (Å²) in [4.78, 5) is 0. The van der Waals surface area contributed by atoms with Crippen LogP contribution >= 0.6 is 47.8 Å². The predicted molar refractivity (Wildman–Crippen MR) is 59.7 cm³/mol. The van der Waals surface area contributed by atoms with Crippen molar-refractivity contribution in [1.82, 2.24) is 0 Å². The fourth-order valence-corrected chi connectivity index (χ4v) is 1.84. The van der Waals surface area contributed by atoms with E-state index in [1.807, 2.05) is 12.1 Å². The first-order valence-corrected chi connectivity index (χ1v) is 4.90. The molecule has 0 saturated heterocycles. The van der Waals surface area contributed by atoms with Gasteiger partial charge in [0.05, 0.1) is 4.47 Å². The van der Waals surface area contributed by atoms with Crippen LogP contribution in [0.5, 0.6) is 0 Å². The third kappa shape index (κ3) is 2.91. The minimum atomic E-state index is 0. The Morgan fingerprint density at radius 1 is 1.00 bits per heavy atom. The third-order valence-corrected chi connectivity index (χ3v) is 4.47. The van der Waals surface area contributed by atoms with Crippen molar-refractivity contribution in [2.45, 2.75) is 0 Å². The van der Waals surface area contributed by atoms with Gasteiger partial charge in [0.1, 0.15) is 0 Å². The molecule has 0 aliphatic carbocycles. The van der Waals surface area contributed by atoms with Gasteiger partial charge >= 0.3 is 0 Å². The van der Waals surface area contributed by atoms with Crippen LogP contribution in [0.4, 0.5) is 5.69 Å². The molecule has 59 valence electrons. The molecule has 0 amide bonds. The first kappa shape index (κ1) is 12.3. The van der Waals surface area contributed by atoms with Crippen molar-refractivity contribution in [2.75, 3.05) is 5.73 Å². The topological polar surface area (TPSA) is 26.0 Å². The van der Waals surface area contributed by atoms with Crippen molar-refractivity contribution >= 4 is 77.9 Å². The molecule has 3 radical (unpaired) electrons. The average molecular weight is 452 g/mol. The van der Waals surface area contributed by atoms with Crippen molar-refractivity contribution in [3.8, 4) is 0 Å². The summed E-state index contributed by atoms with van der Waals surface area (Å²) in [7, 11) is 0. The SMILES string of the molecule is Nc1ccc(Br)c(Br)c1Br.[Sb]. The molecule has 0 spiro atoms. The van der Waals surface area contributed by atoms with Gasteiger partial charge in [0, 0.05) is 39.1 Å². The number of benzene rings is 1. The Balaban J connectivity index is 0.000001000. The first-order valence-electron chi connectivity index (χ1n) is 2.52. The fourth-order valence-electron chi connectivity index (χ4n) is 0.541. The number of halogens is 3. The van der Waals surface area contributed by atoms with Crippen LogP contribution in [0, 0.1) is 0 Å². The molecule has 1 rings (SSSR count). The Hall–Kier alpha value is 1.28. The van der Waals surface area contributed by atoms with Crippen LogP contribution < -0.4 is 5.73 Å². The normalized spacial score (nSPS) is 9.00. The molecule has 0 bridgehead atoms. The van der Waals surface area contributed by atoms with Gasteiger partial charge in [0.15, 0.2) is 0 Å². The summed E-state index contributed by atoms with van der Waals surface area (Å²) in [6.45, 7) is 0. The van der Waals surface area contributed by atoms with Crippen molar-refractivity contribution < 1.29 is 0 Å². The van der Waals surface area contributed by atoms with Crippen LogP contribution in [0.3, 0.4) is 0 Å². The fraction of sp³-hybridized carbons (Fsp3) is 0. The van der Waals surface area contributed by atoms with Gasteiger partial charge in [-0.25, -0.2) is 0 Å². The second kappa shape index (κ2) is 5.10. The largest absolute Gasteiger partial charge is 0.398 e. The monoisotopic (exact) mass is 448 g/mol. The summed E-state index contributed by atoms with van der Waals surface area (Å²) < 4.78 is 2.84. The van der Waals surface area contributed by atoms with Gasteiger partial charge in [-0.2, -0.15) is 0 Å². The van der Waals surface area contributed by atoms with Crippen LogP contribution in [-0.4, -0.2) is 24.4 Å². The molecule has 0 atom stereocenters. The first-order chi connectivity index (χ1) is 4.63. The summed E-state index contributed by atoms with van der Waals surface area (Å²) in [5.74, 6) is 0. The Bertz CT molecular complexity index is 237. The molecule has 0 saturated carbocycles. The number of rotatable bonds is 0. The Kier molecular flexibility index (Phi) is 5.70. The number of anilines is 1. The van der Waals surface area contributed by atoms with Gasteiger partial charge in [-0.15, -0.1) is 0 Å². The molecule has 0 aliphatic heterocycles. The molecule has 0 fully saturated rings. The van der Waals surface area contributed by atoms with Crippen molar-refractivity contribution in [3.05, 3.63) is 25.6 Å². The summed E-state index contributed by atoms with van der Waals surface area (Å²) in [5.41, 5.74) is 6.32. The summed E-state index contributed by atoms with van der Waals surface area (Å²) in [6.07, 6.45) is 0. The zero-order valence-electron chi connectivity index (χ0n) is 5.31. The molecular formula is C6H4Br3NSb. The van der Waals surface area contributed by atoms with E-state index < -0.39 is 0 Å². The molecule has 0 aromatic heterocycles. The molecule has 1 aromatic rings. The maximum atomic E-state index is 5.59. The van der Waals surface area contributed by atoms with E-state index in [0.717, 1.165) is 19.1 Å². The maximum Gasteiger partial charge on any atom is 0.0558 e. The Morgan fingerprint density at radius 2 is 1.55 bits per heavy atom. The standard InChI is InChI=1S/C6H4Br3N.Sb/c7-3-1-2-4(10)6(9)5(3)8;/h1-2H,10H2;. The van der Waals surface area contributed by atoms with Gasteiger partial charge in [-0.05, 0) is 59.9 Å². The third-order valence-electron chi connectivity index (χ3n) is 1.07. The van der Waals surface area contributed by atoms with Crippen LogP contribution in [0.15, 0.2) is 25.6 Å². The second-order valence-corrected chi connectivity index (χ2v) is 4.20. The van der Waals surface area contributed by atoms with Crippen molar-refractivity contribution in [2.24, 2.45) is 0 Å². The predicted octanol–water partition coefficient (Wildman–Crippen LogP) is 3.18. The summed E-state index contributed by atoms with van der Waals surface area (Å²) in [6, 6.07) is 3.73. The summed E-state index contributed by atoms with van der Waals surface area (Å²) >= 11 is 10.0. The number of hydrogen-bond donors (Lipinski definition) is 1. The molecular weight excluding hydrogens is 448 g/mol. The molecule has 11 heavy (non-hydrogen) atoms. The van der Waals surface area contributed by atoms with E-state index in [-0.39, 0.29) is 24.4 Å². The Morgan fingerprint density at radius 3 is 2.00 bits per heavy atom. The number of nitrogen functional groups attached to an aromatic ring is 1. The Labute approximate surface area is 108 Å². The van der Waals surface area contributed by atoms with E-state index >= 15 is 0 Å². The van der Waals surface area contributed by atoms with E-state index in [2.05, 4.69) is 47.8 Å². The number of hydrogen-bond acceptors (Lipinski definition) is 1. The van der Waals surface area contributed by atoms with E-state index in [1.165, 1.54) is 0 Å². The van der Waals surface area contributed by atoms with Gasteiger partial charge in [0.2, 0.25) is 0 Å². The summed E-state index contributed by atoms with van der Waals surface area (Å²) in [5, 5.41) is 0. The van der Waals surface area contributed by atoms with Crippen LogP contribution in [0.1, 0.15) is 0 Å². The molecule has 0 heterocycles. The van der Waals surface area contributed by atoms with E-state index in [0.29, 0.717) is 0 Å². The zero-order valence-corrected chi connectivity index (χ0v) is 12.6.